The molecule has 1 unspecified atom stereocenters. The molecule has 3 heterocycles. The average Bonchev–Trinajstić information content (AvgIpc) is 2.68. The van der Waals surface area contributed by atoms with Crippen LogP contribution in [-0.4, -0.2) is 49.7 Å². The first kappa shape index (κ1) is 19.5. The molecule has 1 saturated heterocycles. The summed E-state index contributed by atoms with van der Waals surface area (Å²) in [6.07, 6.45) is 1.64. The topological polar surface area (TPSA) is 104 Å². The highest BCUT2D eigenvalue weighted by Crippen LogP contribution is 2.27. The number of para-hydroxylation sites is 1. The van der Waals surface area contributed by atoms with Crippen LogP contribution in [0.2, 0.25) is 0 Å². The molecule has 8 nitrogen and oxygen atoms in total. The van der Waals surface area contributed by atoms with Gasteiger partial charge in [-0.3, -0.25) is 9.69 Å². The number of carbonyl (C=O) groups excluding carboxylic acids is 1. The quantitative estimate of drug-likeness (QED) is 0.797. The van der Waals surface area contributed by atoms with Crippen LogP contribution >= 0.6 is 0 Å². The van der Waals surface area contributed by atoms with Crippen molar-refractivity contribution in [1.82, 2.24) is 9.88 Å². The summed E-state index contributed by atoms with van der Waals surface area (Å²) in [5.41, 5.74) is 1.38. The number of anilines is 2. The molecule has 2 aromatic rings. The number of piperidine rings is 1. The van der Waals surface area contributed by atoms with E-state index in [1.54, 1.807) is 30.3 Å². The smallest absolute Gasteiger partial charge is 0.286 e. The highest BCUT2D eigenvalue weighted by molar-refractivity contribution is 7.90. The fourth-order valence-electron chi connectivity index (χ4n) is 3.70. The normalized spacial score (nSPS) is 20.9. The van der Waals surface area contributed by atoms with Crippen molar-refractivity contribution in [2.45, 2.75) is 24.7 Å². The predicted octanol–water partition coefficient (Wildman–Crippen LogP) is 2.25. The average molecular weight is 414 g/mol. The Morgan fingerprint density at radius 1 is 1.24 bits per heavy atom. The van der Waals surface area contributed by atoms with E-state index >= 15 is 0 Å². The van der Waals surface area contributed by atoms with Crippen molar-refractivity contribution in [1.29, 1.82) is 0 Å². The molecule has 0 spiro atoms. The maximum Gasteiger partial charge on any atom is 0.286 e. The molecule has 0 saturated carbocycles. The lowest BCUT2D eigenvalue weighted by molar-refractivity contribution is -0.121. The molecular formula is C20H23N5O3S. The minimum Gasteiger partial charge on any atom is -0.341 e. The molecule has 1 aromatic carbocycles. The molecule has 152 valence electrons. The Balaban J connectivity index is 1.42. The molecule has 29 heavy (non-hydrogen) atoms. The summed E-state index contributed by atoms with van der Waals surface area (Å²) in [7, 11) is -3.71. The van der Waals surface area contributed by atoms with Gasteiger partial charge in [-0.2, -0.15) is 8.42 Å². The standard InChI is InChI=1S/C20H23N5O3S/c1-14-6-4-10-18(21-14)23-20(26)15-7-5-11-25(12-15)13-19-22-16-8-2-3-9-17(16)29(27,28)24-19/h2-4,6,8-10,15H,5,7,11-13H2,1H3,(H,22,24)(H,21,23,26). The van der Waals surface area contributed by atoms with Crippen molar-refractivity contribution in [3.05, 3.63) is 48.2 Å². The third kappa shape index (κ3) is 4.46. The van der Waals surface area contributed by atoms with Crippen molar-refractivity contribution < 1.29 is 13.2 Å². The molecule has 0 radical (unpaired) electrons. The number of rotatable bonds is 4. The van der Waals surface area contributed by atoms with Crippen LogP contribution in [0.5, 0.6) is 0 Å². The summed E-state index contributed by atoms with van der Waals surface area (Å²) < 4.78 is 28.7. The van der Waals surface area contributed by atoms with Crippen LogP contribution in [0.1, 0.15) is 18.5 Å². The number of fused-ring (bicyclic) bond motifs is 1. The number of aryl methyl sites for hydroxylation is 1. The molecule has 2 aliphatic heterocycles. The third-order valence-corrected chi connectivity index (χ3v) is 6.44. The molecule has 1 atom stereocenters. The van der Waals surface area contributed by atoms with Crippen molar-refractivity contribution in [2.75, 3.05) is 30.3 Å². The van der Waals surface area contributed by atoms with Crippen LogP contribution in [0.15, 0.2) is 51.8 Å². The Morgan fingerprint density at radius 2 is 2.07 bits per heavy atom. The molecule has 0 bridgehead atoms. The van der Waals surface area contributed by atoms with Gasteiger partial charge < -0.3 is 10.6 Å². The maximum atomic E-state index is 12.7. The van der Waals surface area contributed by atoms with E-state index in [0.29, 0.717) is 30.4 Å². The highest BCUT2D eigenvalue weighted by Gasteiger charge is 2.29. The Hall–Kier alpha value is -2.78. The van der Waals surface area contributed by atoms with Gasteiger partial charge in [0.1, 0.15) is 16.5 Å². The summed E-state index contributed by atoms with van der Waals surface area (Å²) in [4.78, 5) is 19.2. The number of aromatic nitrogens is 1. The van der Waals surface area contributed by atoms with E-state index < -0.39 is 10.0 Å². The van der Waals surface area contributed by atoms with Crippen molar-refractivity contribution in [3.8, 4) is 0 Å². The van der Waals surface area contributed by atoms with Gasteiger partial charge in [-0.05, 0) is 50.6 Å². The Bertz CT molecular complexity index is 1070. The van der Waals surface area contributed by atoms with Crippen LogP contribution in [0, 0.1) is 12.8 Å². The Kier molecular flexibility index (Phi) is 5.33. The number of pyridine rings is 1. The minimum atomic E-state index is -3.71. The predicted molar refractivity (Wildman–Crippen MR) is 111 cm³/mol. The third-order valence-electron chi connectivity index (χ3n) is 5.06. The van der Waals surface area contributed by atoms with Gasteiger partial charge in [-0.25, -0.2) is 4.98 Å². The van der Waals surface area contributed by atoms with Crippen LogP contribution in [-0.2, 0) is 14.8 Å². The first-order valence-corrected chi connectivity index (χ1v) is 11.0. The number of amidine groups is 1. The van der Waals surface area contributed by atoms with Crippen LogP contribution < -0.4 is 10.6 Å². The van der Waals surface area contributed by atoms with Gasteiger partial charge in [0.25, 0.3) is 10.0 Å². The first-order valence-electron chi connectivity index (χ1n) is 9.57. The highest BCUT2D eigenvalue weighted by atomic mass is 32.2. The number of hydrogen-bond acceptors (Lipinski definition) is 6. The van der Waals surface area contributed by atoms with Crippen LogP contribution in [0.3, 0.4) is 0 Å². The van der Waals surface area contributed by atoms with Gasteiger partial charge in [-0.1, -0.05) is 18.2 Å². The number of carbonyl (C=O) groups is 1. The second-order valence-corrected chi connectivity index (χ2v) is 8.93. The molecule has 9 heteroatoms. The summed E-state index contributed by atoms with van der Waals surface area (Å²) in [5, 5.41) is 5.99. The van der Waals surface area contributed by atoms with Crippen molar-refractivity contribution in [2.24, 2.45) is 10.3 Å². The lowest BCUT2D eigenvalue weighted by Gasteiger charge is -2.32. The summed E-state index contributed by atoms with van der Waals surface area (Å²) >= 11 is 0. The molecule has 1 fully saturated rings. The lowest BCUT2D eigenvalue weighted by atomic mass is 9.97. The number of nitrogens with one attached hydrogen (secondary N) is 2. The van der Waals surface area contributed by atoms with Gasteiger partial charge in [-0.15, -0.1) is 4.40 Å². The largest absolute Gasteiger partial charge is 0.341 e. The molecule has 2 aliphatic rings. The molecule has 2 N–H and O–H groups in total. The van der Waals surface area contributed by atoms with Gasteiger partial charge in [0.2, 0.25) is 5.91 Å². The van der Waals surface area contributed by atoms with E-state index in [2.05, 4.69) is 24.9 Å². The van der Waals surface area contributed by atoms with E-state index in [-0.39, 0.29) is 16.7 Å². The van der Waals surface area contributed by atoms with Crippen LogP contribution in [0.25, 0.3) is 0 Å². The summed E-state index contributed by atoms with van der Waals surface area (Å²) in [6, 6.07) is 12.2. The second-order valence-electron chi connectivity index (χ2n) is 7.36. The number of hydrogen-bond donors (Lipinski definition) is 2. The van der Waals surface area contributed by atoms with E-state index in [4.69, 9.17) is 0 Å². The zero-order valence-electron chi connectivity index (χ0n) is 16.1. The van der Waals surface area contributed by atoms with E-state index in [1.807, 2.05) is 19.1 Å². The monoisotopic (exact) mass is 413 g/mol. The van der Waals surface area contributed by atoms with Crippen LogP contribution in [0.4, 0.5) is 11.5 Å². The number of benzene rings is 1. The molecule has 1 aromatic heterocycles. The second kappa shape index (κ2) is 7.92. The summed E-state index contributed by atoms with van der Waals surface area (Å²) in [5.74, 6) is 0.682. The van der Waals surface area contributed by atoms with E-state index in [1.165, 1.54) is 0 Å². The SMILES string of the molecule is Cc1cccc(NC(=O)C2CCCN(CC3=NS(=O)(=O)c4ccccc4N3)C2)n1. The zero-order valence-corrected chi connectivity index (χ0v) is 16.9. The van der Waals surface area contributed by atoms with Gasteiger partial charge in [0.05, 0.1) is 18.2 Å². The fraction of sp³-hybridized carbons (Fsp3) is 0.350. The summed E-state index contributed by atoms with van der Waals surface area (Å²) in [6.45, 7) is 3.55. The minimum absolute atomic E-state index is 0.0655. The molecular weight excluding hydrogens is 390 g/mol. The van der Waals surface area contributed by atoms with E-state index in [9.17, 15) is 13.2 Å². The van der Waals surface area contributed by atoms with E-state index in [0.717, 1.165) is 25.1 Å². The van der Waals surface area contributed by atoms with Gasteiger partial charge in [0.15, 0.2) is 0 Å². The number of likely N-dealkylation sites (tertiary alicyclic amines) is 1. The lowest BCUT2D eigenvalue weighted by Crippen LogP contribution is -2.44. The zero-order chi connectivity index (χ0) is 20.4. The van der Waals surface area contributed by atoms with Gasteiger partial charge >= 0.3 is 0 Å². The number of sulfonamides is 1. The van der Waals surface area contributed by atoms with Crippen molar-refractivity contribution in [3.63, 3.8) is 0 Å². The Morgan fingerprint density at radius 3 is 2.90 bits per heavy atom. The first-order chi connectivity index (χ1) is 13.9. The molecule has 4 rings (SSSR count). The van der Waals surface area contributed by atoms with Crippen molar-refractivity contribution >= 4 is 33.3 Å². The fourth-order valence-corrected chi connectivity index (χ4v) is 4.84. The molecule has 1 amide bonds. The van der Waals surface area contributed by atoms with Gasteiger partial charge in [0, 0.05) is 12.2 Å². The maximum absolute atomic E-state index is 12.7. The number of amides is 1. The molecule has 0 aliphatic carbocycles. The number of nitrogens with zero attached hydrogens (tertiary/aromatic N) is 3. The Labute approximate surface area is 170 Å².